The van der Waals surface area contributed by atoms with E-state index in [1.54, 1.807) is 6.20 Å². The third kappa shape index (κ3) is 3.69. The van der Waals surface area contributed by atoms with Gasteiger partial charge in [-0.05, 0) is 26.8 Å². The van der Waals surface area contributed by atoms with E-state index in [9.17, 15) is 0 Å². The van der Waals surface area contributed by atoms with E-state index in [0.717, 1.165) is 55.0 Å². The smallest absolute Gasteiger partial charge is 0.175 e. The van der Waals surface area contributed by atoms with Crippen LogP contribution in [0.15, 0.2) is 29.0 Å². The molecule has 0 unspecified atom stereocenters. The molecule has 0 aromatic carbocycles. The molecular formula is C17H21N7O. The van der Waals surface area contributed by atoms with Crippen LogP contribution < -0.4 is 5.32 Å². The quantitative estimate of drug-likeness (QED) is 0.737. The topological polar surface area (TPSA) is 95.8 Å². The number of aromatic nitrogens is 5. The minimum atomic E-state index is 0.328. The summed E-state index contributed by atoms with van der Waals surface area (Å²) in [6, 6.07) is 3.76. The summed E-state index contributed by atoms with van der Waals surface area (Å²) in [5.41, 5.74) is 0.942. The van der Waals surface area contributed by atoms with Crippen molar-refractivity contribution in [3.8, 4) is 0 Å². The summed E-state index contributed by atoms with van der Waals surface area (Å²) in [5.74, 6) is 4.37. The zero-order chi connectivity index (χ0) is 17.2. The van der Waals surface area contributed by atoms with E-state index in [2.05, 4.69) is 30.3 Å². The fourth-order valence-corrected chi connectivity index (χ4v) is 3.18. The minimum absolute atomic E-state index is 0.328. The Hall–Kier alpha value is -2.74. The normalized spacial score (nSPS) is 17.9. The first-order chi connectivity index (χ1) is 12.2. The van der Waals surface area contributed by atoms with Gasteiger partial charge in [-0.3, -0.25) is 4.90 Å². The summed E-state index contributed by atoms with van der Waals surface area (Å²) in [6.07, 6.45) is 4.69. The van der Waals surface area contributed by atoms with E-state index in [1.807, 2.05) is 32.2 Å². The van der Waals surface area contributed by atoms with E-state index in [1.165, 1.54) is 0 Å². The van der Waals surface area contributed by atoms with Crippen LogP contribution >= 0.6 is 0 Å². The highest BCUT2D eigenvalue weighted by Crippen LogP contribution is 2.27. The predicted molar refractivity (Wildman–Crippen MR) is 92.5 cm³/mol. The molecule has 3 aromatic rings. The zero-order valence-corrected chi connectivity index (χ0v) is 14.4. The molecule has 8 nitrogen and oxygen atoms in total. The van der Waals surface area contributed by atoms with E-state index in [0.29, 0.717) is 11.7 Å². The molecule has 0 aliphatic carbocycles. The van der Waals surface area contributed by atoms with Crippen LogP contribution in [0.3, 0.4) is 0 Å². The highest BCUT2D eigenvalue weighted by Gasteiger charge is 2.27. The van der Waals surface area contributed by atoms with Crippen LogP contribution in [0.25, 0.3) is 0 Å². The van der Waals surface area contributed by atoms with Crippen molar-refractivity contribution in [1.82, 2.24) is 30.0 Å². The van der Waals surface area contributed by atoms with Gasteiger partial charge in [0.05, 0.1) is 6.54 Å². The Bertz CT molecular complexity index is 843. The Balaban J connectivity index is 1.46. The van der Waals surface area contributed by atoms with Crippen molar-refractivity contribution in [2.24, 2.45) is 0 Å². The number of anilines is 2. The number of likely N-dealkylation sites (tertiary alicyclic amines) is 1. The molecule has 0 amide bonds. The second-order valence-corrected chi connectivity index (χ2v) is 6.46. The largest absolute Gasteiger partial charge is 0.360 e. The molecule has 1 atom stereocenters. The first-order valence-electron chi connectivity index (χ1n) is 8.42. The second kappa shape index (κ2) is 6.64. The van der Waals surface area contributed by atoms with Gasteiger partial charge in [0.25, 0.3) is 0 Å². The first kappa shape index (κ1) is 15.8. The van der Waals surface area contributed by atoms with Gasteiger partial charge in [0.15, 0.2) is 5.82 Å². The van der Waals surface area contributed by atoms with Crippen molar-refractivity contribution in [2.45, 2.75) is 32.7 Å². The molecule has 0 radical (unpaired) electrons. The number of aryl methyl sites for hydroxylation is 2. The third-order valence-electron chi connectivity index (χ3n) is 4.32. The van der Waals surface area contributed by atoms with Gasteiger partial charge < -0.3 is 14.8 Å². The lowest BCUT2D eigenvalue weighted by molar-refractivity contribution is 0.318. The van der Waals surface area contributed by atoms with Gasteiger partial charge in [-0.1, -0.05) is 5.16 Å². The summed E-state index contributed by atoms with van der Waals surface area (Å²) in [4.78, 5) is 19.2. The van der Waals surface area contributed by atoms with Gasteiger partial charge in [-0.15, -0.1) is 0 Å². The molecule has 8 heteroatoms. The summed E-state index contributed by atoms with van der Waals surface area (Å²) >= 11 is 0. The summed E-state index contributed by atoms with van der Waals surface area (Å²) in [5, 5.41) is 7.15. The molecule has 0 spiro atoms. The maximum Gasteiger partial charge on any atom is 0.175 e. The number of nitrogens with zero attached hydrogens (tertiary/aromatic N) is 5. The van der Waals surface area contributed by atoms with Crippen LogP contribution in [0.1, 0.15) is 35.4 Å². The zero-order valence-electron chi connectivity index (χ0n) is 14.4. The minimum Gasteiger partial charge on any atom is -0.360 e. The van der Waals surface area contributed by atoms with Crippen LogP contribution in [0.4, 0.5) is 11.6 Å². The van der Waals surface area contributed by atoms with Crippen molar-refractivity contribution < 1.29 is 4.52 Å². The number of imidazole rings is 1. The van der Waals surface area contributed by atoms with Crippen molar-refractivity contribution >= 4 is 11.6 Å². The van der Waals surface area contributed by atoms with Crippen LogP contribution in [0.2, 0.25) is 0 Å². The Kier molecular flexibility index (Phi) is 4.19. The molecule has 1 aliphatic rings. The number of aromatic amines is 1. The summed E-state index contributed by atoms with van der Waals surface area (Å²) in [7, 11) is 0. The van der Waals surface area contributed by atoms with Crippen molar-refractivity contribution in [2.75, 3.05) is 18.4 Å². The maximum atomic E-state index is 5.09. The molecule has 0 bridgehead atoms. The molecule has 1 aliphatic heterocycles. The highest BCUT2D eigenvalue weighted by molar-refractivity contribution is 5.51. The number of H-pyrrole nitrogens is 1. The molecule has 2 N–H and O–H groups in total. The van der Waals surface area contributed by atoms with Crippen molar-refractivity contribution in [1.29, 1.82) is 0 Å². The van der Waals surface area contributed by atoms with Crippen molar-refractivity contribution in [3.05, 3.63) is 47.6 Å². The molecular weight excluding hydrogens is 318 g/mol. The molecule has 4 heterocycles. The summed E-state index contributed by atoms with van der Waals surface area (Å²) in [6.45, 7) is 6.64. The number of hydrogen-bond acceptors (Lipinski definition) is 7. The van der Waals surface area contributed by atoms with Crippen LogP contribution in [0, 0.1) is 13.8 Å². The predicted octanol–water partition coefficient (Wildman–Crippen LogP) is 2.54. The van der Waals surface area contributed by atoms with Gasteiger partial charge in [-0.2, -0.15) is 0 Å². The lowest BCUT2D eigenvalue weighted by Gasteiger charge is -2.14. The van der Waals surface area contributed by atoms with Crippen LogP contribution in [0.5, 0.6) is 0 Å². The van der Waals surface area contributed by atoms with Gasteiger partial charge in [0, 0.05) is 42.7 Å². The van der Waals surface area contributed by atoms with E-state index in [4.69, 9.17) is 9.51 Å². The molecule has 25 heavy (non-hydrogen) atoms. The average molecular weight is 339 g/mol. The maximum absolute atomic E-state index is 5.09. The van der Waals surface area contributed by atoms with Crippen LogP contribution in [-0.4, -0.2) is 43.1 Å². The number of nitrogens with one attached hydrogen (secondary N) is 2. The van der Waals surface area contributed by atoms with Gasteiger partial charge in [0.2, 0.25) is 0 Å². The number of hydrogen-bond donors (Lipinski definition) is 2. The molecule has 3 aromatic heterocycles. The number of rotatable bonds is 5. The molecule has 1 fully saturated rings. The van der Waals surface area contributed by atoms with Crippen LogP contribution in [-0.2, 0) is 6.54 Å². The van der Waals surface area contributed by atoms with Gasteiger partial charge >= 0.3 is 0 Å². The van der Waals surface area contributed by atoms with E-state index >= 15 is 0 Å². The Labute approximate surface area is 145 Å². The van der Waals surface area contributed by atoms with E-state index < -0.39 is 0 Å². The second-order valence-electron chi connectivity index (χ2n) is 6.46. The third-order valence-corrected chi connectivity index (χ3v) is 4.32. The van der Waals surface area contributed by atoms with Crippen molar-refractivity contribution in [3.63, 3.8) is 0 Å². The fraction of sp³-hybridized carbons (Fsp3) is 0.412. The fourth-order valence-electron chi connectivity index (χ4n) is 3.18. The molecule has 4 rings (SSSR count). The molecule has 130 valence electrons. The summed E-state index contributed by atoms with van der Waals surface area (Å²) < 4.78 is 5.09. The first-order valence-corrected chi connectivity index (χ1v) is 8.42. The highest BCUT2D eigenvalue weighted by atomic mass is 16.5. The molecule has 1 saturated heterocycles. The monoisotopic (exact) mass is 339 g/mol. The SMILES string of the molecule is Cc1cc(Nc2cc(C)on2)nc([C@@H]2CCN(Cc3ncc[nH]3)C2)n1. The lowest BCUT2D eigenvalue weighted by Crippen LogP contribution is -2.21. The molecule has 0 saturated carbocycles. The van der Waals surface area contributed by atoms with E-state index in [-0.39, 0.29) is 0 Å². The van der Waals surface area contributed by atoms with Gasteiger partial charge in [-0.25, -0.2) is 15.0 Å². The Morgan fingerprint density at radius 3 is 2.96 bits per heavy atom. The Morgan fingerprint density at radius 2 is 2.20 bits per heavy atom. The lowest BCUT2D eigenvalue weighted by atomic mass is 10.1. The standard InChI is InChI=1S/C17H21N7O/c1-11-7-14(21-15-8-12(2)25-23-15)22-17(20-11)13-3-6-24(9-13)10-16-18-4-5-19-16/h4-5,7-8,13H,3,6,9-10H2,1-2H3,(H,18,19)(H,20,21,22,23)/t13-/m1/s1. The van der Waals surface area contributed by atoms with Gasteiger partial charge in [0.1, 0.15) is 23.2 Å². The Morgan fingerprint density at radius 1 is 1.28 bits per heavy atom. The average Bonchev–Trinajstić information content (AvgIpc) is 3.30.